The van der Waals surface area contributed by atoms with Crippen molar-refractivity contribution in [2.45, 2.75) is 13.5 Å². The van der Waals surface area contributed by atoms with E-state index in [2.05, 4.69) is 15.6 Å². The van der Waals surface area contributed by atoms with Gasteiger partial charge in [-0.15, -0.1) is 24.8 Å². The molecule has 0 bridgehead atoms. The third-order valence-corrected chi connectivity index (χ3v) is 4.10. The smallest absolute Gasteiger partial charge is 0.236 e. The molecule has 0 unspecified atom stereocenters. The second-order valence-electron chi connectivity index (χ2n) is 5.94. The normalized spacial score (nSPS) is 13.9. The van der Waals surface area contributed by atoms with E-state index in [9.17, 15) is 9.59 Å². The minimum absolute atomic E-state index is 0. The molecule has 0 spiro atoms. The molecule has 0 saturated carbocycles. The number of nitrogens with zero attached hydrogens (tertiary/aromatic N) is 1. The molecule has 1 aromatic heterocycles. The Labute approximate surface area is 159 Å². The SMILES string of the molecule is Cc1ccc2[nH]c(CNCC(=O)N3CCNCC3)cc(=O)c2c1.Cl.Cl. The predicted octanol–water partition coefficient (Wildman–Crippen LogP) is 1.20. The van der Waals surface area contributed by atoms with Crippen molar-refractivity contribution >= 4 is 41.6 Å². The maximum atomic E-state index is 12.2. The number of piperazine rings is 1. The quantitative estimate of drug-likeness (QED) is 0.737. The number of aromatic amines is 1. The number of rotatable bonds is 4. The number of amides is 1. The molecular weight excluding hydrogens is 363 g/mol. The molecule has 3 N–H and O–H groups in total. The van der Waals surface area contributed by atoms with E-state index in [4.69, 9.17) is 0 Å². The summed E-state index contributed by atoms with van der Waals surface area (Å²) in [6.45, 7) is 5.94. The fourth-order valence-corrected chi connectivity index (χ4v) is 2.84. The summed E-state index contributed by atoms with van der Waals surface area (Å²) in [4.78, 5) is 29.3. The molecule has 8 heteroatoms. The van der Waals surface area contributed by atoms with Gasteiger partial charge in [0.05, 0.1) is 6.54 Å². The predicted molar refractivity (Wildman–Crippen MR) is 105 cm³/mol. The van der Waals surface area contributed by atoms with Gasteiger partial charge in [0.2, 0.25) is 5.91 Å². The van der Waals surface area contributed by atoms with Crippen LogP contribution in [0.2, 0.25) is 0 Å². The van der Waals surface area contributed by atoms with Crippen molar-refractivity contribution in [2.75, 3.05) is 32.7 Å². The Morgan fingerprint density at radius 3 is 2.64 bits per heavy atom. The van der Waals surface area contributed by atoms with E-state index >= 15 is 0 Å². The molecule has 2 aromatic rings. The highest BCUT2D eigenvalue weighted by Gasteiger charge is 2.15. The molecule has 2 heterocycles. The zero-order chi connectivity index (χ0) is 16.2. The summed E-state index contributed by atoms with van der Waals surface area (Å²) in [6.07, 6.45) is 0. The average molecular weight is 387 g/mol. The highest BCUT2D eigenvalue weighted by atomic mass is 35.5. The first-order valence-electron chi connectivity index (χ1n) is 7.95. The fraction of sp³-hybridized carbons (Fsp3) is 0.412. The Bertz CT molecular complexity index is 773. The third-order valence-electron chi connectivity index (χ3n) is 4.10. The van der Waals surface area contributed by atoms with Crippen molar-refractivity contribution in [3.63, 3.8) is 0 Å². The van der Waals surface area contributed by atoms with Gasteiger partial charge in [0, 0.05) is 55.4 Å². The molecule has 138 valence electrons. The topological polar surface area (TPSA) is 77.2 Å². The zero-order valence-corrected chi connectivity index (χ0v) is 15.8. The van der Waals surface area contributed by atoms with Crippen molar-refractivity contribution in [1.29, 1.82) is 0 Å². The third kappa shape index (κ3) is 5.44. The molecular formula is C17H24Cl2N4O2. The van der Waals surface area contributed by atoms with Crippen LogP contribution in [0.15, 0.2) is 29.1 Å². The summed E-state index contributed by atoms with van der Waals surface area (Å²) < 4.78 is 0. The van der Waals surface area contributed by atoms with E-state index in [0.717, 1.165) is 43.0 Å². The number of fused-ring (bicyclic) bond motifs is 1. The van der Waals surface area contributed by atoms with Crippen LogP contribution in [0, 0.1) is 6.92 Å². The van der Waals surface area contributed by atoms with Gasteiger partial charge < -0.3 is 20.5 Å². The maximum Gasteiger partial charge on any atom is 0.236 e. The lowest BCUT2D eigenvalue weighted by atomic mass is 10.1. The summed E-state index contributed by atoms with van der Waals surface area (Å²) >= 11 is 0. The van der Waals surface area contributed by atoms with Gasteiger partial charge in [-0.25, -0.2) is 0 Å². The molecule has 1 amide bonds. The van der Waals surface area contributed by atoms with E-state index < -0.39 is 0 Å². The van der Waals surface area contributed by atoms with Gasteiger partial charge in [-0.1, -0.05) is 11.6 Å². The summed E-state index contributed by atoms with van der Waals surface area (Å²) in [5.74, 6) is 0.102. The van der Waals surface area contributed by atoms with Crippen molar-refractivity contribution in [2.24, 2.45) is 0 Å². The zero-order valence-electron chi connectivity index (χ0n) is 14.1. The molecule has 0 aliphatic carbocycles. The van der Waals surface area contributed by atoms with Crippen molar-refractivity contribution in [1.82, 2.24) is 20.5 Å². The second-order valence-corrected chi connectivity index (χ2v) is 5.94. The van der Waals surface area contributed by atoms with Crippen LogP contribution in [-0.2, 0) is 11.3 Å². The number of pyridine rings is 1. The van der Waals surface area contributed by atoms with Gasteiger partial charge in [0.1, 0.15) is 0 Å². The maximum absolute atomic E-state index is 12.2. The van der Waals surface area contributed by atoms with Crippen LogP contribution >= 0.6 is 24.8 Å². The molecule has 0 radical (unpaired) electrons. The Morgan fingerprint density at radius 2 is 1.92 bits per heavy atom. The van der Waals surface area contributed by atoms with Gasteiger partial charge in [0.25, 0.3) is 0 Å². The molecule has 1 aliphatic rings. The summed E-state index contributed by atoms with van der Waals surface area (Å²) in [5.41, 5.74) is 2.69. The first kappa shape index (κ1) is 21.4. The molecule has 6 nitrogen and oxygen atoms in total. The summed E-state index contributed by atoms with van der Waals surface area (Å²) in [7, 11) is 0. The van der Waals surface area contributed by atoms with Crippen molar-refractivity contribution < 1.29 is 4.79 Å². The molecule has 3 rings (SSSR count). The number of aromatic nitrogens is 1. The lowest BCUT2D eigenvalue weighted by Crippen LogP contribution is -2.48. The standard InChI is InChI=1S/C17H22N4O2.2ClH/c1-12-2-3-15-14(8-12)16(22)9-13(20-15)10-19-11-17(23)21-6-4-18-5-7-21;;/h2-3,8-9,18-19H,4-7,10-11H2,1H3,(H,20,22);2*1H. The summed E-state index contributed by atoms with van der Waals surface area (Å²) in [5, 5.41) is 7.04. The van der Waals surface area contributed by atoms with E-state index in [1.54, 1.807) is 6.07 Å². The van der Waals surface area contributed by atoms with E-state index in [1.165, 1.54) is 0 Å². The van der Waals surface area contributed by atoms with Crippen LogP contribution < -0.4 is 16.1 Å². The van der Waals surface area contributed by atoms with Gasteiger partial charge in [-0.2, -0.15) is 0 Å². The number of hydrogen-bond acceptors (Lipinski definition) is 4. The first-order chi connectivity index (χ1) is 11.1. The number of hydrogen-bond donors (Lipinski definition) is 3. The van der Waals surface area contributed by atoms with Crippen molar-refractivity contribution in [3.05, 3.63) is 45.7 Å². The molecule has 1 aromatic carbocycles. The number of H-pyrrole nitrogens is 1. The number of carbonyl (C=O) groups is 1. The minimum atomic E-state index is 0. The number of nitrogens with one attached hydrogen (secondary N) is 3. The molecule has 1 fully saturated rings. The Kier molecular flexibility index (Phi) is 8.38. The van der Waals surface area contributed by atoms with Gasteiger partial charge in [-0.05, 0) is 19.1 Å². The fourth-order valence-electron chi connectivity index (χ4n) is 2.84. The number of halogens is 2. The van der Waals surface area contributed by atoms with E-state index in [1.807, 2.05) is 30.0 Å². The Balaban J connectivity index is 0.00000156. The van der Waals surface area contributed by atoms with Crippen LogP contribution in [0.1, 0.15) is 11.3 Å². The largest absolute Gasteiger partial charge is 0.357 e. The average Bonchev–Trinajstić information content (AvgIpc) is 2.56. The number of benzene rings is 1. The van der Waals surface area contributed by atoms with Crippen LogP contribution in [0.3, 0.4) is 0 Å². The van der Waals surface area contributed by atoms with Crippen molar-refractivity contribution in [3.8, 4) is 0 Å². The second kappa shape index (κ2) is 9.77. The van der Waals surface area contributed by atoms with E-state index in [-0.39, 0.29) is 42.7 Å². The molecule has 25 heavy (non-hydrogen) atoms. The Hall–Kier alpha value is -1.60. The van der Waals surface area contributed by atoms with Gasteiger partial charge in [-0.3, -0.25) is 9.59 Å². The lowest BCUT2D eigenvalue weighted by molar-refractivity contribution is -0.130. The molecule has 1 aliphatic heterocycles. The van der Waals surface area contributed by atoms with Gasteiger partial charge >= 0.3 is 0 Å². The highest BCUT2D eigenvalue weighted by molar-refractivity contribution is 5.85. The number of aryl methyl sites for hydroxylation is 1. The number of carbonyl (C=O) groups excluding carboxylic acids is 1. The monoisotopic (exact) mass is 386 g/mol. The highest BCUT2D eigenvalue weighted by Crippen LogP contribution is 2.10. The minimum Gasteiger partial charge on any atom is -0.357 e. The van der Waals surface area contributed by atoms with Crippen LogP contribution in [-0.4, -0.2) is 48.5 Å². The van der Waals surface area contributed by atoms with E-state index in [0.29, 0.717) is 11.9 Å². The first-order valence-corrected chi connectivity index (χ1v) is 7.95. The van der Waals surface area contributed by atoms with Crippen LogP contribution in [0.4, 0.5) is 0 Å². The lowest BCUT2D eigenvalue weighted by Gasteiger charge is -2.27. The molecule has 1 saturated heterocycles. The van der Waals surface area contributed by atoms with Crippen LogP contribution in [0.25, 0.3) is 10.9 Å². The molecule has 0 atom stereocenters. The Morgan fingerprint density at radius 1 is 1.20 bits per heavy atom. The van der Waals surface area contributed by atoms with Crippen LogP contribution in [0.5, 0.6) is 0 Å². The summed E-state index contributed by atoms with van der Waals surface area (Å²) in [6, 6.07) is 7.38. The van der Waals surface area contributed by atoms with Gasteiger partial charge in [0.15, 0.2) is 5.43 Å².